The normalized spacial score (nSPS) is 12.5. The van der Waals surface area contributed by atoms with Crippen LogP contribution in [0.5, 0.6) is 0 Å². The molecule has 28 heavy (non-hydrogen) atoms. The fourth-order valence-electron chi connectivity index (χ4n) is 2.76. The Labute approximate surface area is 164 Å². The minimum absolute atomic E-state index is 0.207. The number of nitrogens with one attached hydrogen (secondary N) is 1. The topological polar surface area (TPSA) is 56.1 Å². The van der Waals surface area contributed by atoms with Gasteiger partial charge in [0.25, 0.3) is 0 Å². The van der Waals surface area contributed by atoms with Gasteiger partial charge >= 0.3 is 6.09 Å². The van der Waals surface area contributed by atoms with Crippen LogP contribution in [0.2, 0.25) is 0 Å². The summed E-state index contributed by atoms with van der Waals surface area (Å²) < 4.78 is 20.1. The summed E-state index contributed by atoms with van der Waals surface area (Å²) in [6.07, 6.45) is 3.20. The van der Waals surface area contributed by atoms with E-state index in [4.69, 9.17) is 4.74 Å². The van der Waals surface area contributed by atoms with Gasteiger partial charge in [0.1, 0.15) is 11.4 Å². The van der Waals surface area contributed by atoms with E-state index in [9.17, 15) is 9.18 Å². The van der Waals surface area contributed by atoms with E-state index < -0.39 is 11.7 Å². The largest absolute Gasteiger partial charge is 0.444 e. The highest BCUT2D eigenvalue weighted by Crippen LogP contribution is 2.24. The minimum atomic E-state index is -0.541. The SMILES string of the molecule is C[C@H](NC(=O)OC(C)(C)C)c1cccc(-c2cnn(-c3ccc(F)cc3)c2)c1. The molecule has 3 rings (SSSR count). The van der Waals surface area contributed by atoms with Gasteiger partial charge in [-0.3, -0.25) is 0 Å². The molecule has 0 unspecified atom stereocenters. The first-order valence-electron chi connectivity index (χ1n) is 9.12. The number of carbonyl (C=O) groups is 1. The lowest BCUT2D eigenvalue weighted by molar-refractivity contribution is 0.0508. The lowest BCUT2D eigenvalue weighted by Crippen LogP contribution is -2.34. The van der Waals surface area contributed by atoms with Crippen LogP contribution in [0.15, 0.2) is 60.9 Å². The van der Waals surface area contributed by atoms with Crippen LogP contribution in [-0.4, -0.2) is 21.5 Å². The maximum Gasteiger partial charge on any atom is 0.408 e. The van der Waals surface area contributed by atoms with E-state index in [1.807, 2.05) is 58.2 Å². The second kappa shape index (κ2) is 7.84. The van der Waals surface area contributed by atoms with Gasteiger partial charge in [0.15, 0.2) is 0 Å². The molecule has 0 fully saturated rings. The number of nitrogens with zero attached hydrogens (tertiary/aromatic N) is 2. The molecule has 0 aliphatic carbocycles. The molecule has 0 saturated heterocycles. The minimum Gasteiger partial charge on any atom is -0.444 e. The Morgan fingerprint density at radius 1 is 1.14 bits per heavy atom. The Kier molecular flexibility index (Phi) is 5.49. The van der Waals surface area contributed by atoms with E-state index in [1.165, 1.54) is 12.1 Å². The highest BCUT2D eigenvalue weighted by atomic mass is 19.1. The van der Waals surface area contributed by atoms with E-state index in [0.717, 1.165) is 22.4 Å². The van der Waals surface area contributed by atoms with Crippen molar-refractivity contribution in [2.45, 2.75) is 39.3 Å². The van der Waals surface area contributed by atoms with Crippen LogP contribution in [0, 0.1) is 5.82 Å². The van der Waals surface area contributed by atoms with Gasteiger partial charge in [0.05, 0.1) is 17.9 Å². The molecule has 0 aliphatic heterocycles. The van der Waals surface area contributed by atoms with Gasteiger partial charge in [-0.2, -0.15) is 5.10 Å². The maximum atomic E-state index is 13.1. The Hall–Kier alpha value is -3.15. The average Bonchev–Trinajstić information content (AvgIpc) is 3.11. The number of hydrogen-bond acceptors (Lipinski definition) is 3. The first-order valence-corrected chi connectivity index (χ1v) is 9.12. The quantitative estimate of drug-likeness (QED) is 0.670. The Morgan fingerprint density at radius 2 is 1.86 bits per heavy atom. The summed E-state index contributed by atoms with van der Waals surface area (Å²) in [5.41, 5.74) is 3.10. The predicted molar refractivity (Wildman–Crippen MR) is 107 cm³/mol. The zero-order valence-corrected chi connectivity index (χ0v) is 16.4. The molecule has 5 nitrogen and oxygen atoms in total. The Bertz CT molecular complexity index is 958. The van der Waals surface area contributed by atoms with Crippen molar-refractivity contribution in [2.75, 3.05) is 0 Å². The highest BCUT2D eigenvalue weighted by Gasteiger charge is 2.18. The standard InChI is InChI=1S/C22H24FN3O2/c1-15(25-21(27)28-22(2,3)4)16-6-5-7-17(12-16)18-13-24-26(14-18)20-10-8-19(23)9-11-20/h5-15H,1-4H3,(H,25,27)/t15-/m0/s1. The molecule has 146 valence electrons. The number of halogens is 1. The molecule has 1 aromatic heterocycles. The second-order valence-electron chi connectivity index (χ2n) is 7.64. The molecule has 3 aromatic rings. The summed E-state index contributed by atoms with van der Waals surface area (Å²) in [6.45, 7) is 7.40. The summed E-state index contributed by atoms with van der Waals surface area (Å²) in [5.74, 6) is -0.282. The molecule has 0 bridgehead atoms. The number of alkyl carbamates (subject to hydrolysis) is 1. The number of rotatable bonds is 4. The lowest BCUT2D eigenvalue weighted by Gasteiger charge is -2.22. The Balaban J connectivity index is 1.76. The van der Waals surface area contributed by atoms with Crippen LogP contribution >= 0.6 is 0 Å². The van der Waals surface area contributed by atoms with Crippen LogP contribution in [0.1, 0.15) is 39.3 Å². The first kappa shape index (κ1) is 19.6. The van der Waals surface area contributed by atoms with Gasteiger partial charge in [-0.25, -0.2) is 13.9 Å². The molecular weight excluding hydrogens is 357 g/mol. The van der Waals surface area contributed by atoms with Gasteiger partial charge < -0.3 is 10.1 Å². The summed E-state index contributed by atoms with van der Waals surface area (Å²) in [7, 11) is 0. The third-order valence-electron chi connectivity index (χ3n) is 4.13. The van der Waals surface area contributed by atoms with E-state index in [1.54, 1.807) is 23.0 Å². The Morgan fingerprint density at radius 3 is 2.54 bits per heavy atom. The molecule has 6 heteroatoms. The summed E-state index contributed by atoms with van der Waals surface area (Å²) >= 11 is 0. The van der Waals surface area contributed by atoms with Crippen LogP contribution in [0.4, 0.5) is 9.18 Å². The fraction of sp³-hybridized carbons (Fsp3) is 0.273. The molecule has 1 heterocycles. The highest BCUT2D eigenvalue weighted by molar-refractivity contribution is 5.69. The molecule has 0 saturated carbocycles. The van der Waals surface area contributed by atoms with Crippen molar-refractivity contribution < 1.29 is 13.9 Å². The average molecular weight is 381 g/mol. The van der Waals surface area contributed by atoms with E-state index in [2.05, 4.69) is 10.4 Å². The number of hydrogen-bond donors (Lipinski definition) is 1. The molecule has 0 radical (unpaired) electrons. The molecular formula is C22H24FN3O2. The molecule has 0 aliphatic rings. The van der Waals surface area contributed by atoms with E-state index in [0.29, 0.717) is 0 Å². The van der Waals surface area contributed by atoms with Crippen LogP contribution in [0.3, 0.4) is 0 Å². The van der Waals surface area contributed by atoms with Gasteiger partial charge in [-0.1, -0.05) is 18.2 Å². The zero-order chi connectivity index (χ0) is 20.3. The van der Waals surface area contributed by atoms with Crippen molar-refractivity contribution in [1.29, 1.82) is 0 Å². The maximum absolute atomic E-state index is 13.1. The van der Waals surface area contributed by atoms with Crippen molar-refractivity contribution >= 4 is 6.09 Å². The molecule has 1 N–H and O–H groups in total. The number of ether oxygens (including phenoxy) is 1. The number of benzene rings is 2. The van der Waals surface area contributed by atoms with E-state index >= 15 is 0 Å². The summed E-state index contributed by atoms with van der Waals surface area (Å²) in [5, 5.41) is 7.21. The van der Waals surface area contributed by atoms with Crippen molar-refractivity contribution in [3.05, 3.63) is 72.3 Å². The van der Waals surface area contributed by atoms with Crippen LogP contribution in [-0.2, 0) is 4.74 Å². The summed E-state index contributed by atoms with van der Waals surface area (Å²) in [6, 6.07) is 13.8. The van der Waals surface area contributed by atoms with Gasteiger partial charge in [0.2, 0.25) is 0 Å². The summed E-state index contributed by atoms with van der Waals surface area (Å²) in [4.78, 5) is 12.0. The third-order valence-corrected chi connectivity index (χ3v) is 4.13. The van der Waals surface area contributed by atoms with Gasteiger partial charge in [0, 0.05) is 11.8 Å². The number of carbonyl (C=O) groups excluding carboxylic acids is 1. The monoisotopic (exact) mass is 381 g/mol. The molecule has 2 aromatic carbocycles. The number of amides is 1. The molecule has 0 spiro atoms. The molecule has 1 amide bonds. The van der Waals surface area contributed by atoms with Crippen molar-refractivity contribution in [1.82, 2.24) is 15.1 Å². The van der Waals surface area contributed by atoms with Crippen molar-refractivity contribution in [2.24, 2.45) is 0 Å². The van der Waals surface area contributed by atoms with Crippen molar-refractivity contribution in [3.8, 4) is 16.8 Å². The number of aromatic nitrogens is 2. The fourth-order valence-corrected chi connectivity index (χ4v) is 2.76. The van der Waals surface area contributed by atoms with Gasteiger partial charge in [-0.05, 0) is 69.2 Å². The van der Waals surface area contributed by atoms with E-state index in [-0.39, 0.29) is 11.9 Å². The van der Waals surface area contributed by atoms with Crippen molar-refractivity contribution in [3.63, 3.8) is 0 Å². The third kappa shape index (κ3) is 4.97. The van der Waals surface area contributed by atoms with Gasteiger partial charge in [-0.15, -0.1) is 0 Å². The first-order chi connectivity index (χ1) is 13.2. The molecule has 1 atom stereocenters. The predicted octanol–water partition coefficient (Wildman–Crippen LogP) is 5.26. The zero-order valence-electron chi connectivity index (χ0n) is 16.4. The smallest absolute Gasteiger partial charge is 0.408 e. The van der Waals surface area contributed by atoms with Crippen LogP contribution < -0.4 is 5.32 Å². The second-order valence-corrected chi connectivity index (χ2v) is 7.64. The van der Waals surface area contributed by atoms with Crippen LogP contribution in [0.25, 0.3) is 16.8 Å². The lowest BCUT2D eigenvalue weighted by atomic mass is 10.0.